The van der Waals surface area contributed by atoms with Gasteiger partial charge >= 0.3 is 0 Å². The Labute approximate surface area is 139 Å². The van der Waals surface area contributed by atoms with E-state index in [0.717, 1.165) is 11.1 Å². The summed E-state index contributed by atoms with van der Waals surface area (Å²) in [5, 5.41) is 21.6. The van der Waals surface area contributed by atoms with Gasteiger partial charge in [-0.3, -0.25) is 4.79 Å². The lowest BCUT2D eigenvalue weighted by atomic mass is 9.72. The standard InChI is InChI=1S/C16H20N6O2/c17-14-11-3-1-2-4-12(11)16(15(14)24)5-7-21(8-6-16)13(23)9-22-10-18-19-20-22/h1-4,10,14-15,24H,5-9,17H2/t14-,15+/m1/s1. The number of benzene rings is 1. The smallest absolute Gasteiger partial charge is 0.244 e. The summed E-state index contributed by atoms with van der Waals surface area (Å²) < 4.78 is 1.42. The molecule has 8 nitrogen and oxygen atoms in total. The van der Waals surface area contributed by atoms with E-state index in [0.29, 0.717) is 25.9 Å². The number of hydrogen-bond acceptors (Lipinski definition) is 6. The molecule has 126 valence electrons. The minimum absolute atomic E-state index is 0.0118. The number of piperidine rings is 1. The monoisotopic (exact) mass is 328 g/mol. The number of rotatable bonds is 2. The molecule has 1 aromatic heterocycles. The molecule has 0 radical (unpaired) electrons. The van der Waals surface area contributed by atoms with Crippen molar-refractivity contribution in [3.05, 3.63) is 41.7 Å². The first-order valence-corrected chi connectivity index (χ1v) is 8.13. The van der Waals surface area contributed by atoms with Crippen LogP contribution in [0, 0.1) is 0 Å². The van der Waals surface area contributed by atoms with E-state index in [1.54, 1.807) is 0 Å². The van der Waals surface area contributed by atoms with Crippen LogP contribution in [0.2, 0.25) is 0 Å². The molecule has 0 bridgehead atoms. The Morgan fingerprint density at radius 3 is 2.79 bits per heavy atom. The van der Waals surface area contributed by atoms with Crippen molar-refractivity contribution in [1.29, 1.82) is 0 Å². The molecule has 0 unspecified atom stereocenters. The first-order valence-electron chi connectivity index (χ1n) is 8.13. The summed E-state index contributed by atoms with van der Waals surface area (Å²) in [5.74, 6) is -0.0118. The second kappa shape index (κ2) is 5.64. The number of carbonyl (C=O) groups excluding carboxylic acids is 1. The third kappa shape index (κ3) is 2.22. The molecule has 1 amide bonds. The molecule has 2 atom stereocenters. The van der Waals surface area contributed by atoms with Crippen LogP contribution < -0.4 is 5.73 Å². The number of fused-ring (bicyclic) bond motifs is 2. The molecule has 24 heavy (non-hydrogen) atoms. The number of aliphatic hydroxyl groups is 1. The van der Waals surface area contributed by atoms with E-state index in [4.69, 9.17) is 5.73 Å². The Hall–Kier alpha value is -2.32. The maximum absolute atomic E-state index is 12.4. The van der Waals surface area contributed by atoms with Crippen molar-refractivity contribution in [3.63, 3.8) is 0 Å². The van der Waals surface area contributed by atoms with E-state index in [2.05, 4.69) is 21.6 Å². The molecule has 1 aromatic carbocycles. The van der Waals surface area contributed by atoms with Gasteiger partial charge in [0.2, 0.25) is 5.91 Å². The molecule has 1 fully saturated rings. The van der Waals surface area contributed by atoms with Crippen LogP contribution in [0.4, 0.5) is 0 Å². The Morgan fingerprint density at radius 1 is 1.33 bits per heavy atom. The number of nitrogens with two attached hydrogens (primary N) is 1. The number of hydrogen-bond donors (Lipinski definition) is 2. The number of nitrogens with zero attached hydrogens (tertiary/aromatic N) is 5. The van der Waals surface area contributed by atoms with Gasteiger partial charge in [0, 0.05) is 18.5 Å². The average molecular weight is 328 g/mol. The summed E-state index contributed by atoms with van der Waals surface area (Å²) in [6.07, 6.45) is 2.24. The fourth-order valence-corrected chi connectivity index (χ4v) is 4.13. The molecule has 0 saturated carbocycles. The summed E-state index contributed by atoms with van der Waals surface area (Å²) >= 11 is 0. The third-order valence-corrected chi connectivity index (χ3v) is 5.46. The van der Waals surface area contributed by atoms with Crippen LogP contribution in [0.1, 0.15) is 30.0 Å². The molecule has 8 heteroatoms. The quantitative estimate of drug-likeness (QED) is 0.777. The fraction of sp³-hybridized carbons (Fsp3) is 0.500. The van der Waals surface area contributed by atoms with Gasteiger partial charge in [-0.15, -0.1) is 5.10 Å². The molecule has 2 heterocycles. The molecule has 2 aliphatic rings. The van der Waals surface area contributed by atoms with Crippen molar-refractivity contribution in [2.45, 2.75) is 36.9 Å². The zero-order valence-corrected chi connectivity index (χ0v) is 13.2. The summed E-state index contributed by atoms with van der Waals surface area (Å²) in [7, 11) is 0. The third-order valence-electron chi connectivity index (χ3n) is 5.46. The Balaban J connectivity index is 1.51. The van der Waals surface area contributed by atoms with Gasteiger partial charge in [-0.2, -0.15) is 0 Å². The van der Waals surface area contributed by atoms with E-state index in [1.165, 1.54) is 11.0 Å². The van der Waals surface area contributed by atoms with Gasteiger partial charge in [0.05, 0.1) is 12.1 Å². The number of aromatic nitrogens is 4. The van der Waals surface area contributed by atoms with Gasteiger partial charge in [-0.1, -0.05) is 24.3 Å². The maximum atomic E-state index is 12.4. The van der Waals surface area contributed by atoms with Gasteiger partial charge in [0.25, 0.3) is 0 Å². The van der Waals surface area contributed by atoms with Gasteiger partial charge in [-0.25, -0.2) is 4.68 Å². The highest BCUT2D eigenvalue weighted by Gasteiger charge is 2.51. The van der Waals surface area contributed by atoms with Crippen LogP contribution in [0.5, 0.6) is 0 Å². The van der Waals surface area contributed by atoms with E-state index in [9.17, 15) is 9.90 Å². The number of carbonyl (C=O) groups is 1. The van der Waals surface area contributed by atoms with Crippen molar-refractivity contribution in [3.8, 4) is 0 Å². The lowest BCUT2D eigenvalue weighted by Crippen LogP contribution is -2.50. The molecule has 3 N–H and O–H groups in total. The Bertz CT molecular complexity index is 739. The highest BCUT2D eigenvalue weighted by Crippen LogP contribution is 2.49. The van der Waals surface area contributed by atoms with Crippen LogP contribution in [-0.4, -0.2) is 55.3 Å². The summed E-state index contributed by atoms with van der Waals surface area (Å²) in [6, 6.07) is 7.64. The lowest BCUT2D eigenvalue weighted by molar-refractivity contribution is -0.134. The van der Waals surface area contributed by atoms with Crippen molar-refractivity contribution in [2.75, 3.05) is 13.1 Å². The Morgan fingerprint density at radius 2 is 2.08 bits per heavy atom. The fourth-order valence-electron chi connectivity index (χ4n) is 4.13. The van der Waals surface area contributed by atoms with E-state index in [1.807, 2.05) is 23.1 Å². The van der Waals surface area contributed by atoms with Crippen LogP contribution in [0.15, 0.2) is 30.6 Å². The average Bonchev–Trinajstić information content (AvgIpc) is 3.19. The number of tetrazole rings is 1. The number of aliphatic hydroxyl groups excluding tert-OH is 1. The summed E-state index contributed by atoms with van der Waals surface area (Å²) in [4.78, 5) is 14.2. The molecular weight excluding hydrogens is 308 g/mol. The molecular formula is C16H20N6O2. The molecule has 2 aromatic rings. The van der Waals surface area contributed by atoms with Crippen LogP contribution in [0.3, 0.4) is 0 Å². The predicted octanol–water partition coefficient (Wildman–Crippen LogP) is -0.392. The topological polar surface area (TPSA) is 110 Å². The normalized spacial score (nSPS) is 25.0. The largest absolute Gasteiger partial charge is 0.390 e. The highest BCUT2D eigenvalue weighted by atomic mass is 16.3. The first-order chi connectivity index (χ1) is 11.6. The van der Waals surface area contributed by atoms with Crippen LogP contribution in [0.25, 0.3) is 0 Å². The maximum Gasteiger partial charge on any atom is 0.244 e. The van der Waals surface area contributed by atoms with Gasteiger partial charge < -0.3 is 15.7 Å². The van der Waals surface area contributed by atoms with Crippen molar-refractivity contribution in [2.24, 2.45) is 5.73 Å². The molecule has 1 aliphatic carbocycles. The SMILES string of the molecule is N[C@@H]1c2ccccc2C2(CCN(C(=O)Cn3cnnn3)CC2)[C@H]1O. The molecule has 1 aliphatic heterocycles. The van der Waals surface area contributed by atoms with E-state index < -0.39 is 6.10 Å². The summed E-state index contributed by atoms with van der Waals surface area (Å²) in [6.45, 7) is 1.33. The Kier molecular flexibility index (Phi) is 3.58. The van der Waals surface area contributed by atoms with Gasteiger partial charge in [-0.05, 0) is 34.4 Å². The van der Waals surface area contributed by atoms with Crippen molar-refractivity contribution < 1.29 is 9.90 Å². The lowest BCUT2D eigenvalue weighted by Gasteiger charge is -2.42. The molecule has 1 saturated heterocycles. The minimum Gasteiger partial charge on any atom is -0.390 e. The zero-order valence-electron chi connectivity index (χ0n) is 13.2. The van der Waals surface area contributed by atoms with Gasteiger partial charge in [0.1, 0.15) is 12.9 Å². The molecule has 1 spiro atoms. The molecule has 4 rings (SSSR count). The number of likely N-dealkylation sites (tertiary alicyclic amines) is 1. The van der Waals surface area contributed by atoms with Gasteiger partial charge in [0.15, 0.2) is 0 Å². The summed E-state index contributed by atoms with van der Waals surface area (Å²) in [5.41, 5.74) is 8.04. The second-order valence-corrected chi connectivity index (χ2v) is 6.60. The van der Waals surface area contributed by atoms with Crippen molar-refractivity contribution >= 4 is 5.91 Å². The second-order valence-electron chi connectivity index (χ2n) is 6.60. The predicted molar refractivity (Wildman–Crippen MR) is 84.7 cm³/mol. The first kappa shape index (κ1) is 15.2. The van der Waals surface area contributed by atoms with E-state index >= 15 is 0 Å². The minimum atomic E-state index is -0.605. The zero-order chi connectivity index (χ0) is 16.7. The van der Waals surface area contributed by atoms with Crippen LogP contribution >= 0.6 is 0 Å². The van der Waals surface area contributed by atoms with Crippen molar-refractivity contribution in [1.82, 2.24) is 25.1 Å². The number of amides is 1. The van der Waals surface area contributed by atoms with E-state index in [-0.39, 0.29) is 23.9 Å². The highest BCUT2D eigenvalue weighted by molar-refractivity contribution is 5.76. The van der Waals surface area contributed by atoms with Crippen LogP contribution in [-0.2, 0) is 16.8 Å².